The molecule has 4 rings (SSSR count). The quantitative estimate of drug-likeness (QED) is 0.265. The number of para-hydroxylation sites is 1. The van der Waals surface area contributed by atoms with E-state index in [4.69, 9.17) is 0 Å². The molecule has 0 aliphatic heterocycles. The maximum atomic E-state index is 12.9. The molecule has 0 aliphatic rings. The predicted octanol–water partition coefficient (Wildman–Crippen LogP) is 5.52. The van der Waals surface area contributed by atoms with Crippen molar-refractivity contribution in [3.63, 3.8) is 0 Å². The standard InChI is InChI=1S/C27H27N3O3/c1-2-20-10-7-13-23-25(18-29-27(20)23)24(21-11-6-12-22(16-21)30(32)33)17-26(31)28-15-14-19-8-4-3-5-9-19/h3-13,16,18,24,29H,2,14-15,17H2,1H3,(H,28,31). The van der Waals surface area contributed by atoms with Crippen molar-refractivity contribution in [2.24, 2.45) is 0 Å². The molecule has 1 aromatic heterocycles. The maximum Gasteiger partial charge on any atom is 0.269 e. The molecule has 0 fully saturated rings. The highest BCUT2D eigenvalue weighted by Gasteiger charge is 2.23. The lowest BCUT2D eigenvalue weighted by Gasteiger charge is -2.17. The van der Waals surface area contributed by atoms with Crippen molar-refractivity contribution < 1.29 is 9.72 Å². The Morgan fingerprint density at radius 1 is 1.06 bits per heavy atom. The zero-order chi connectivity index (χ0) is 23.2. The number of hydrogen-bond donors (Lipinski definition) is 2. The Morgan fingerprint density at radius 3 is 2.61 bits per heavy atom. The van der Waals surface area contributed by atoms with Crippen LogP contribution in [0.25, 0.3) is 10.9 Å². The first-order valence-corrected chi connectivity index (χ1v) is 11.2. The van der Waals surface area contributed by atoms with Crippen molar-refractivity contribution in [3.8, 4) is 0 Å². The lowest BCUT2D eigenvalue weighted by Crippen LogP contribution is -2.27. The molecule has 0 aliphatic carbocycles. The summed E-state index contributed by atoms with van der Waals surface area (Å²) in [5, 5.41) is 15.4. The first kappa shape index (κ1) is 22.3. The van der Waals surface area contributed by atoms with Crippen molar-refractivity contribution in [2.45, 2.75) is 32.1 Å². The number of H-pyrrole nitrogens is 1. The minimum absolute atomic E-state index is 0.0241. The number of hydrogen-bond acceptors (Lipinski definition) is 3. The van der Waals surface area contributed by atoms with E-state index < -0.39 is 4.92 Å². The average molecular weight is 442 g/mol. The molecule has 4 aromatic rings. The van der Waals surface area contributed by atoms with E-state index in [-0.39, 0.29) is 23.9 Å². The molecule has 0 spiro atoms. The van der Waals surface area contributed by atoms with Crippen LogP contribution in [-0.4, -0.2) is 22.4 Å². The van der Waals surface area contributed by atoms with Crippen LogP contribution in [0.3, 0.4) is 0 Å². The first-order valence-electron chi connectivity index (χ1n) is 11.2. The van der Waals surface area contributed by atoms with E-state index in [1.54, 1.807) is 12.1 Å². The summed E-state index contributed by atoms with van der Waals surface area (Å²) < 4.78 is 0. The lowest BCUT2D eigenvalue weighted by molar-refractivity contribution is -0.384. The van der Waals surface area contributed by atoms with Crippen LogP contribution in [-0.2, 0) is 17.6 Å². The van der Waals surface area contributed by atoms with Crippen LogP contribution in [0.1, 0.15) is 41.5 Å². The molecule has 0 radical (unpaired) electrons. The number of amides is 1. The van der Waals surface area contributed by atoms with Gasteiger partial charge in [-0.15, -0.1) is 0 Å². The van der Waals surface area contributed by atoms with Gasteiger partial charge in [0.2, 0.25) is 5.91 Å². The highest BCUT2D eigenvalue weighted by atomic mass is 16.6. The van der Waals surface area contributed by atoms with Gasteiger partial charge in [0.1, 0.15) is 0 Å². The van der Waals surface area contributed by atoms with Gasteiger partial charge in [-0.3, -0.25) is 14.9 Å². The van der Waals surface area contributed by atoms with E-state index >= 15 is 0 Å². The van der Waals surface area contributed by atoms with Crippen LogP contribution in [0.2, 0.25) is 0 Å². The number of nitrogens with zero attached hydrogens (tertiary/aromatic N) is 1. The molecular formula is C27H27N3O3. The lowest BCUT2D eigenvalue weighted by atomic mass is 9.87. The SMILES string of the molecule is CCc1cccc2c(C(CC(=O)NCCc3ccccc3)c3cccc([N+](=O)[O-])c3)c[nH]c12. The third-order valence-electron chi connectivity index (χ3n) is 6.04. The summed E-state index contributed by atoms with van der Waals surface area (Å²) in [6.45, 7) is 2.64. The van der Waals surface area contributed by atoms with Gasteiger partial charge in [-0.2, -0.15) is 0 Å². The van der Waals surface area contributed by atoms with Gasteiger partial charge in [0.15, 0.2) is 0 Å². The second-order valence-corrected chi connectivity index (χ2v) is 8.13. The molecule has 1 amide bonds. The largest absolute Gasteiger partial charge is 0.361 e. The fourth-order valence-corrected chi connectivity index (χ4v) is 4.33. The van der Waals surface area contributed by atoms with Gasteiger partial charge in [0.25, 0.3) is 5.69 Å². The number of non-ortho nitro benzene ring substituents is 1. The summed E-state index contributed by atoms with van der Waals surface area (Å²) in [7, 11) is 0. The number of aryl methyl sites for hydroxylation is 1. The Labute approximate surface area is 192 Å². The zero-order valence-electron chi connectivity index (χ0n) is 18.6. The predicted molar refractivity (Wildman–Crippen MR) is 130 cm³/mol. The number of nitro benzene ring substituents is 1. The molecule has 6 nitrogen and oxygen atoms in total. The number of nitro groups is 1. The highest BCUT2D eigenvalue weighted by Crippen LogP contribution is 2.35. The van der Waals surface area contributed by atoms with Crippen LogP contribution >= 0.6 is 0 Å². The summed E-state index contributed by atoms with van der Waals surface area (Å²) in [6.07, 6.45) is 3.78. The van der Waals surface area contributed by atoms with Crippen LogP contribution in [0.15, 0.2) is 79.0 Å². The molecule has 1 heterocycles. The number of benzene rings is 3. The second kappa shape index (κ2) is 10.1. The fraction of sp³-hybridized carbons (Fsp3) is 0.222. The number of aromatic nitrogens is 1. The van der Waals surface area contributed by atoms with Gasteiger partial charge in [-0.05, 0) is 35.1 Å². The first-order chi connectivity index (χ1) is 16.1. The number of carbonyl (C=O) groups is 1. The van der Waals surface area contributed by atoms with Gasteiger partial charge < -0.3 is 10.3 Å². The number of carbonyl (C=O) groups excluding carboxylic acids is 1. The Kier molecular flexibility index (Phi) is 6.83. The van der Waals surface area contributed by atoms with Gasteiger partial charge in [-0.1, -0.05) is 67.6 Å². The fourth-order valence-electron chi connectivity index (χ4n) is 4.33. The Balaban J connectivity index is 1.62. The molecule has 0 saturated heterocycles. The minimum Gasteiger partial charge on any atom is -0.361 e. The van der Waals surface area contributed by atoms with Gasteiger partial charge in [0.05, 0.1) is 4.92 Å². The molecule has 0 saturated carbocycles. The molecule has 168 valence electrons. The van der Waals surface area contributed by atoms with Crippen molar-refractivity contribution in [2.75, 3.05) is 6.54 Å². The molecule has 0 bridgehead atoms. The second-order valence-electron chi connectivity index (χ2n) is 8.13. The number of nitrogens with one attached hydrogen (secondary N) is 2. The van der Waals surface area contributed by atoms with Gasteiger partial charge in [0, 0.05) is 48.1 Å². The third kappa shape index (κ3) is 5.12. The van der Waals surface area contributed by atoms with E-state index in [2.05, 4.69) is 23.3 Å². The number of fused-ring (bicyclic) bond motifs is 1. The Hall–Kier alpha value is -3.93. The van der Waals surface area contributed by atoms with E-state index in [1.807, 2.05) is 54.7 Å². The van der Waals surface area contributed by atoms with E-state index in [0.29, 0.717) is 6.54 Å². The van der Waals surface area contributed by atoms with Crippen molar-refractivity contribution >= 4 is 22.5 Å². The van der Waals surface area contributed by atoms with Crippen molar-refractivity contribution in [3.05, 3.63) is 111 Å². The topological polar surface area (TPSA) is 88.0 Å². The molecule has 3 aromatic carbocycles. The summed E-state index contributed by atoms with van der Waals surface area (Å²) >= 11 is 0. The molecule has 6 heteroatoms. The van der Waals surface area contributed by atoms with Gasteiger partial charge in [-0.25, -0.2) is 0 Å². The van der Waals surface area contributed by atoms with Gasteiger partial charge >= 0.3 is 0 Å². The minimum atomic E-state index is -0.398. The van der Waals surface area contributed by atoms with E-state index in [1.165, 1.54) is 11.6 Å². The summed E-state index contributed by atoms with van der Waals surface area (Å²) in [5.41, 5.74) is 5.16. The van der Waals surface area contributed by atoms with Crippen LogP contribution in [0.5, 0.6) is 0 Å². The van der Waals surface area contributed by atoms with E-state index in [9.17, 15) is 14.9 Å². The van der Waals surface area contributed by atoms with Crippen molar-refractivity contribution in [1.29, 1.82) is 0 Å². The summed E-state index contributed by atoms with van der Waals surface area (Å²) in [5.74, 6) is -0.383. The number of aromatic amines is 1. The Bertz CT molecular complexity index is 1260. The third-order valence-corrected chi connectivity index (χ3v) is 6.04. The molecular weight excluding hydrogens is 414 g/mol. The molecule has 33 heavy (non-hydrogen) atoms. The van der Waals surface area contributed by atoms with Crippen LogP contribution in [0.4, 0.5) is 5.69 Å². The van der Waals surface area contributed by atoms with Crippen LogP contribution in [0, 0.1) is 10.1 Å². The smallest absolute Gasteiger partial charge is 0.269 e. The maximum absolute atomic E-state index is 12.9. The van der Waals surface area contributed by atoms with Crippen LogP contribution < -0.4 is 5.32 Å². The Morgan fingerprint density at radius 2 is 1.85 bits per heavy atom. The molecule has 1 atom stereocenters. The summed E-state index contributed by atoms with van der Waals surface area (Å²) in [6, 6.07) is 22.7. The van der Waals surface area contributed by atoms with Crippen molar-refractivity contribution in [1.82, 2.24) is 10.3 Å². The highest BCUT2D eigenvalue weighted by molar-refractivity contribution is 5.88. The number of rotatable bonds is 9. The van der Waals surface area contributed by atoms with E-state index in [0.717, 1.165) is 40.4 Å². The monoisotopic (exact) mass is 441 g/mol. The average Bonchev–Trinajstić information content (AvgIpc) is 3.27. The summed E-state index contributed by atoms with van der Waals surface area (Å²) in [4.78, 5) is 27.3. The normalized spacial score (nSPS) is 11.9. The molecule has 1 unspecified atom stereocenters. The zero-order valence-corrected chi connectivity index (χ0v) is 18.6. The molecule has 2 N–H and O–H groups in total.